The molecular formula is C13H20N4O3. The van der Waals surface area contributed by atoms with Crippen molar-refractivity contribution in [1.82, 2.24) is 14.7 Å². The van der Waals surface area contributed by atoms with Gasteiger partial charge in [0.1, 0.15) is 6.42 Å². The van der Waals surface area contributed by atoms with Crippen LogP contribution in [0.4, 0.5) is 0 Å². The maximum absolute atomic E-state index is 11.6. The SMILES string of the molecule is O=C(O)CC(=O)N1CCN(CCN2C=CN=CC2)CC1. The summed E-state index contributed by atoms with van der Waals surface area (Å²) in [5.41, 5.74) is 0. The Bertz CT molecular complexity index is 414. The highest BCUT2D eigenvalue weighted by molar-refractivity contribution is 5.93. The number of piperazine rings is 1. The van der Waals surface area contributed by atoms with Gasteiger partial charge in [0.25, 0.3) is 0 Å². The standard InChI is InChI=1S/C13H20N4O3/c18-12(11-13(19)20)17-9-7-16(8-10-17)6-5-15-3-1-14-2-4-15/h1-3H,4-11H2,(H,19,20). The first-order chi connectivity index (χ1) is 9.65. The number of aliphatic imine (C=N–C) groups is 1. The molecule has 2 aliphatic heterocycles. The van der Waals surface area contributed by atoms with Crippen LogP contribution in [0, 0.1) is 0 Å². The summed E-state index contributed by atoms with van der Waals surface area (Å²) in [5.74, 6) is -1.34. The molecule has 0 radical (unpaired) electrons. The van der Waals surface area contributed by atoms with Gasteiger partial charge in [-0.1, -0.05) is 0 Å². The minimum atomic E-state index is -1.06. The van der Waals surface area contributed by atoms with E-state index < -0.39 is 12.4 Å². The number of hydrogen-bond acceptors (Lipinski definition) is 5. The first kappa shape index (κ1) is 14.5. The topological polar surface area (TPSA) is 76.5 Å². The van der Waals surface area contributed by atoms with Gasteiger partial charge in [0.05, 0.1) is 6.54 Å². The summed E-state index contributed by atoms with van der Waals surface area (Å²) >= 11 is 0. The Balaban J connectivity index is 1.66. The fourth-order valence-corrected chi connectivity index (χ4v) is 2.30. The second kappa shape index (κ2) is 7.04. The summed E-state index contributed by atoms with van der Waals surface area (Å²) in [5, 5.41) is 8.61. The van der Waals surface area contributed by atoms with Crippen LogP contribution in [0.1, 0.15) is 6.42 Å². The largest absolute Gasteiger partial charge is 0.481 e. The molecule has 1 amide bonds. The highest BCUT2D eigenvalue weighted by Gasteiger charge is 2.22. The number of nitrogens with zero attached hydrogens (tertiary/aromatic N) is 4. The second-order valence-corrected chi connectivity index (χ2v) is 4.92. The van der Waals surface area contributed by atoms with E-state index in [1.54, 1.807) is 11.1 Å². The Morgan fingerprint density at radius 1 is 1.15 bits per heavy atom. The van der Waals surface area contributed by atoms with Gasteiger partial charge in [-0.25, -0.2) is 0 Å². The molecule has 1 N–H and O–H groups in total. The van der Waals surface area contributed by atoms with Crippen molar-refractivity contribution in [2.75, 3.05) is 45.8 Å². The van der Waals surface area contributed by atoms with Crippen molar-refractivity contribution in [2.24, 2.45) is 4.99 Å². The summed E-state index contributed by atoms with van der Waals surface area (Å²) in [6.07, 6.45) is 5.24. The van der Waals surface area contributed by atoms with Crippen molar-refractivity contribution in [3.63, 3.8) is 0 Å². The lowest BCUT2D eigenvalue weighted by Gasteiger charge is -2.35. The molecule has 1 saturated heterocycles. The Labute approximate surface area is 118 Å². The summed E-state index contributed by atoms with van der Waals surface area (Å²) in [6, 6.07) is 0. The fourth-order valence-electron chi connectivity index (χ4n) is 2.30. The Morgan fingerprint density at radius 2 is 1.90 bits per heavy atom. The first-order valence-corrected chi connectivity index (χ1v) is 6.79. The zero-order valence-corrected chi connectivity index (χ0v) is 11.4. The molecule has 20 heavy (non-hydrogen) atoms. The van der Waals surface area contributed by atoms with Crippen molar-refractivity contribution < 1.29 is 14.7 Å². The molecular weight excluding hydrogens is 260 g/mol. The van der Waals surface area contributed by atoms with E-state index in [0.717, 1.165) is 32.7 Å². The monoisotopic (exact) mass is 280 g/mol. The second-order valence-electron chi connectivity index (χ2n) is 4.92. The summed E-state index contributed by atoms with van der Waals surface area (Å²) in [4.78, 5) is 32.3. The molecule has 2 rings (SSSR count). The number of carbonyl (C=O) groups excluding carboxylic acids is 1. The van der Waals surface area contributed by atoms with Crippen molar-refractivity contribution in [3.8, 4) is 0 Å². The number of carboxylic acid groups (broad SMARTS) is 1. The van der Waals surface area contributed by atoms with Crippen LogP contribution < -0.4 is 0 Å². The zero-order valence-electron chi connectivity index (χ0n) is 11.4. The number of hydrogen-bond donors (Lipinski definition) is 1. The predicted octanol–water partition coefficient (Wildman–Crippen LogP) is -0.537. The lowest BCUT2D eigenvalue weighted by atomic mass is 10.2. The zero-order chi connectivity index (χ0) is 14.4. The average molecular weight is 280 g/mol. The molecule has 2 aliphatic rings. The van der Waals surface area contributed by atoms with E-state index in [4.69, 9.17) is 5.11 Å². The van der Waals surface area contributed by atoms with Gasteiger partial charge in [0, 0.05) is 57.9 Å². The van der Waals surface area contributed by atoms with E-state index in [9.17, 15) is 9.59 Å². The summed E-state index contributed by atoms with van der Waals surface area (Å²) < 4.78 is 0. The van der Waals surface area contributed by atoms with Gasteiger partial charge < -0.3 is 14.9 Å². The van der Waals surface area contributed by atoms with Crippen LogP contribution in [-0.2, 0) is 9.59 Å². The first-order valence-electron chi connectivity index (χ1n) is 6.79. The van der Waals surface area contributed by atoms with Crippen molar-refractivity contribution >= 4 is 18.1 Å². The molecule has 0 aliphatic carbocycles. The lowest BCUT2D eigenvalue weighted by molar-refractivity contribution is -0.145. The molecule has 0 saturated carbocycles. The molecule has 0 atom stereocenters. The summed E-state index contributed by atoms with van der Waals surface area (Å²) in [7, 11) is 0. The van der Waals surface area contributed by atoms with Crippen LogP contribution in [0.15, 0.2) is 17.4 Å². The third-order valence-electron chi connectivity index (χ3n) is 3.52. The van der Waals surface area contributed by atoms with Crippen molar-refractivity contribution in [1.29, 1.82) is 0 Å². The van der Waals surface area contributed by atoms with Crippen LogP contribution >= 0.6 is 0 Å². The molecule has 7 nitrogen and oxygen atoms in total. The van der Waals surface area contributed by atoms with E-state index in [0.29, 0.717) is 13.1 Å². The third kappa shape index (κ3) is 4.34. The smallest absolute Gasteiger partial charge is 0.312 e. The Hall–Kier alpha value is -1.89. The van der Waals surface area contributed by atoms with E-state index in [2.05, 4.69) is 14.8 Å². The van der Waals surface area contributed by atoms with Crippen LogP contribution in [0.2, 0.25) is 0 Å². The normalized spacial score (nSPS) is 19.4. The van der Waals surface area contributed by atoms with Gasteiger partial charge in [0.15, 0.2) is 0 Å². The average Bonchev–Trinajstić information content (AvgIpc) is 2.46. The predicted molar refractivity (Wildman–Crippen MR) is 74.5 cm³/mol. The Morgan fingerprint density at radius 3 is 2.50 bits per heavy atom. The molecule has 1 fully saturated rings. The lowest BCUT2D eigenvalue weighted by Crippen LogP contribution is -2.50. The minimum Gasteiger partial charge on any atom is -0.481 e. The maximum atomic E-state index is 11.6. The van der Waals surface area contributed by atoms with Gasteiger partial charge in [-0.2, -0.15) is 0 Å². The van der Waals surface area contributed by atoms with Crippen LogP contribution in [0.3, 0.4) is 0 Å². The van der Waals surface area contributed by atoms with Gasteiger partial charge in [0.2, 0.25) is 5.91 Å². The molecule has 0 spiro atoms. The van der Waals surface area contributed by atoms with Crippen molar-refractivity contribution in [3.05, 3.63) is 12.4 Å². The molecule has 0 unspecified atom stereocenters. The highest BCUT2D eigenvalue weighted by atomic mass is 16.4. The maximum Gasteiger partial charge on any atom is 0.312 e. The Kier molecular flexibility index (Phi) is 5.11. The molecule has 0 aromatic carbocycles. The third-order valence-corrected chi connectivity index (χ3v) is 3.52. The molecule has 7 heteroatoms. The van der Waals surface area contributed by atoms with Gasteiger partial charge >= 0.3 is 5.97 Å². The van der Waals surface area contributed by atoms with Crippen LogP contribution in [0.5, 0.6) is 0 Å². The number of rotatable bonds is 5. The van der Waals surface area contributed by atoms with Crippen LogP contribution in [0.25, 0.3) is 0 Å². The van der Waals surface area contributed by atoms with E-state index in [1.165, 1.54) is 0 Å². The molecule has 0 aromatic heterocycles. The molecule has 2 heterocycles. The number of amides is 1. The van der Waals surface area contributed by atoms with Gasteiger partial charge in [-0.3, -0.25) is 19.5 Å². The van der Waals surface area contributed by atoms with E-state index >= 15 is 0 Å². The van der Waals surface area contributed by atoms with Gasteiger partial charge in [-0.05, 0) is 0 Å². The molecule has 0 aromatic rings. The van der Waals surface area contributed by atoms with Crippen molar-refractivity contribution in [2.45, 2.75) is 6.42 Å². The number of carbonyl (C=O) groups is 2. The number of carboxylic acids is 1. The fraction of sp³-hybridized carbons (Fsp3) is 0.615. The molecule has 110 valence electrons. The highest BCUT2D eigenvalue weighted by Crippen LogP contribution is 2.05. The van der Waals surface area contributed by atoms with Crippen LogP contribution in [-0.4, -0.2) is 83.7 Å². The number of aliphatic carboxylic acids is 1. The van der Waals surface area contributed by atoms with E-state index in [1.807, 2.05) is 12.4 Å². The van der Waals surface area contributed by atoms with Gasteiger partial charge in [-0.15, -0.1) is 0 Å². The summed E-state index contributed by atoms with van der Waals surface area (Å²) in [6.45, 7) is 5.55. The minimum absolute atomic E-state index is 0.285. The van der Waals surface area contributed by atoms with E-state index in [-0.39, 0.29) is 5.91 Å². The molecule has 0 bridgehead atoms. The quantitative estimate of drug-likeness (QED) is 0.685.